The SMILES string of the molecule is COc1nccnc1-c1cccc(C(=O)N(C)[C@H](C)Cc2cnccn2)c1. The summed E-state index contributed by atoms with van der Waals surface area (Å²) in [7, 11) is 3.34. The largest absolute Gasteiger partial charge is 0.479 e. The van der Waals surface area contributed by atoms with Crippen LogP contribution in [0.2, 0.25) is 0 Å². The number of methoxy groups -OCH3 is 1. The first-order valence-corrected chi connectivity index (χ1v) is 8.57. The average molecular weight is 363 g/mol. The molecule has 0 unspecified atom stereocenters. The summed E-state index contributed by atoms with van der Waals surface area (Å²) in [6.45, 7) is 1.99. The zero-order chi connectivity index (χ0) is 19.2. The maximum atomic E-state index is 12.9. The Morgan fingerprint density at radius 1 is 1.15 bits per heavy atom. The van der Waals surface area contributed by atoms with Crippen molar-refractivity contribution in [2.75, 3.05) is 14.2 Å². The molecule has 3 rings (SSSR count). The third-order valence-corrected chi connectivity index (χ3v) is 4.34. The molecule has 0 aliphatic rings. The molecule has 0 saturated heterocycles. The molecule has 138 valence electrons. The molecule has 0 aliphatic carbocycles. The summed E-state index contributed by atoms with van der Waals surface area (Å²) in [5.74, 6) is 0.350. The fraction of sp³-hybridized carbons (Fsp3) is 0.250. The Morgan fingerprint density at radius 2 is 1.93 bits per heavy atom. The Bertz CT molecular complexity index is 917. The minimum absolute atomic E-state index is 0.0242. The number of benzene rings is 1. The van der Waals surface area contributed by atoms with Gasteiger partial charge >= 0.3 is 0 Å². The number of likely N-dealkylation sites (N-methyl/N-ethyl adjacent to an activating group) is 1. The fourth-order valence-corrected chi connectivity index (χ4v) is 2.75. The fourth-order valence-electron chi connectivity index (χ4n) is 2.75. The highest BCUT2D eigenvalue weighted by Crippen LogP contribution is 2.26. The zero-order valence-corrected chi connectivity index (χ0v) is 15.5. The van der Waals surface area contributed by atoms with Crippen LogP contribution in [0.3, 0.4) is 0 Å². The molecule has 27 heavy (non-hydrogen) atoms. The van der Waals surface area contributed by atoms with E-state index in [9.17, 15) is 4.79 Å². The Balaban J connectivity index is 1.80. The molecule has 0 fully saturated rings. The highest BCUT2D eigenvalue weighted by atomic mass is 16.5. The number of rotatable bonds is 6. The maximum Gasteiger partial charge on any atom is 0.253 e. The van der Waals surface area contributed by atoms with E-state index in [4.69, 9.17) is 4.74 Å². The van der Waals surface area contributed by atoms with E-state index in [2.05, 4.69) is 19.9 Å². The van der Waals surface area contributed by atoms with Crippen molar-refractivity contribution in [1.82, 2.24) is 24.8 Å². The van der Waals surface area contributed by atoms with Gasteiger partial charge in [0.25, 0.3) is 5.91 Å². The molecule has 2 heterocycles. The number of ether oxygens (including phenoxy) is 1. The molecule has 7 heteroatoms. The van der Waals surface area contributed by atoms with Gasteiger partial charge in [-0.15, -0.1) is 0 Å². The van der Waals surface area contributed by atoms with E-state index < -0.39 is 0 Å². The molecule has 0 aliphatic heterocycles. The van der Waals surface area contributed by atoms with E-state index in [0.29, 0.717) is 23.6 Å². The predicted molar refractivity (Wildman–Crippen MR) is 101 cm³/mol. The van der Waals surface area contributed by atoms with Crippen LogP contribution < -0.4 is 4.74 Å². The van der Waals surface area contributed by atoms with Crippen LogP contribution in [0.4, 0.5) is 0 Å². The molecule has 7 nitrogen and oxygen atoms in total. The molecule has 1 atom stereocenters. The summed E-state index contributed by atoms with van der Waals surface area (Å²) >= 11 is 0. The van der Waals surface area contributed by atoms with Crippen molar-refractivity contribution in [3.05, 3.63) is 66.5 Å². The lowest BCUT2D eigenvalue weighted by molar-refractivity contribution is 0.0743. The Hall–Kier alpha value is -3.35. The highest BCUT2D eigenvalue weighted by Gasteiger charge is 2.19. The second kappa shape index (κ2) is 8.35. The first kappa shape index (κ1) is 18.4. The third-order valence-electron chi connectivity index (χ3n) is 4.34. The van der Waals surface area contributed by atoms with Gasteiger partial charge in [0, 0.05) is 61.6 Å². The average Bonchev–Trinajstić information content (AvgIpc) is 2.73. The summed E-state index contributed by atoms with van der Waals surface area (Å²) in [5, 5.41) is 0. The summed E-state index contributed by atoms with van der Waals surface area (Å²) in [6.07, 6.45) is 8.81. The van der Waals surface area contributed by atoms with Gasteiger partial charge in [-0.05, 0) is 19.1 Å². The van der Waals surface area contributed by atoms with E-state index in [-0.39, 0.29) is 11.9 Å². The molecular weight excluding hydrogens is 342 g/mol. The highest BCUT2D eigenvalue weighted by molar-refractivity contribution is 5.95. The van der Waals surface area contributed by atoms with Crippen molar-refractivity contribution in [1.29, 1.82) is 0 Å². The monoisotopic (exact) mass is 363 g/mol. The van der Waals surface area contributed by atoms with Crippen molar-refractivity contribution in [2.45, 2.75) is 19.4 Å². The van der Waals surface area contributed by atoms with E-state index in [0.717, 1.165) is 11.3 Å². The Kier molecular flexibility index (Phi) is 5.71. The number of carbonyl (C=O) groups excluding carboxylic acids is 1. The van der Waals surface area contributed by atoms with Gasteiger partial charge in [-0.1, -0.05) is 12.1 Å². The second-order valence-electron chi connectivity index (χ2n) is 6.16. The van der Waals surface area contributed by atoms with E-state index in [1.54, 1.807) is 62.2 Å². The van der Waals surface area contributed by atoms with Gasteiger partial charge in [0.15, 0.2) is 0 Å². The van der Waals surface area contributed by atoms with Crippen LogP contribution in [0.15, 0.2) is 55.2 Å². The summed E-state index contributed by atoms with van der Waals surface area (Å²) in [5.41, 5.74) is 2.81. The molecule has 0 spiro atoms. The van der Waals surface area contributed by atoms with Gasteiger partial charge in [-0.2, -0.15) is 0 Å². The molecule has 0 bridgehead atoms. The standard InChI is InChI=1S/C20H21N5O2/c1-14(11-17-13-21-7-8-22-17)25(2)20(26)16-6-4-5-15(12-16)18-19(27-3)24-10-9-23-18/h4-10,12-14H,11H2,1-3H3/t14-/m1/s1. The summed E-state index contributed by atoms with van der Waals surface area (Å²) in [4.78, 5) is 31.5. The van der Waals surface area contributed by atoms with Crippen molar-refractivity contribution in [2.24, 2.45) is 0 Å². The summed E-state index contributed by atoms with van der Waals surface area (Å²) in [6, 6.07) is 7.29. The number of aromatic nitrogens is 4. The number of hydrogen-bond donors (Lipinski definition) is 0. The van der Waals surface area contributed by atoms with Crippen molar-refractivity contribution in [3.63, 3.8) is 0 Å². The van der Waals surface area contributed by atoms with E-state index >= 15 is 0 Å². The van der Waals surface area contributed by atoms with Crippen molar-refractivity contribution < 1.29 is 9.53 Å². The lowest BCUT2D eigenvalue weighted by Crippen LogP contribution is -2.36. The van der Waals surface area contributed by atoms with Gasteiger partial charge < -0.3 is 9.64 Å². The number of nitrogens with zero attached hydrogens (tertiary/aromatic N) is 5. The van der Waals surface area contributed by atoms with Gasteiger partial charge in [0.2, 0.25) is 5.88 Å². The Labute approximate surface area is 158 Å². The third kappa shape index (κ3) is 4.25. The molecule has 2 aromatic heterocycles. The van der Waals surface area contributed by atoms with Crippen LogP contribution >= 0.6 is 0 Å². The van der Waals surface area contributed by atoms with E-state index in [1.807, 2.05) is 19.1 Å². The van der Waals surface area contributed by atoms with Crippen LogP contribution in [-0.4, -0.2) is 50.9 Å². The van der Waals surface area contributed by atoms with Crippen LogP contribution in [-0.2, 0) is 6.42 Å². The summed E-state index contributed by atoms with van der Waals surface area (Å²) < 4.78 is 5.27. The molecular formula is C20H21N5O2. The molecule has 0 radical (unpaired) electrons. The molecule has 0 N–H and O–H groups in total. The molecule has 1 aromatic carbocycles. The topological polar surface area (TPSA) is 81.1 Å². The van der Waals surface area contributed by atoms with Crippen LogP contribution in [0, 0.1) is 0 Å². The quantitative estimate of drug-likeness (QED) is 0.670. The normalized spacial score (nSPS) is 11.7. The number of hydrogen-bond acceptors (Lipinski definition) is 6. The molecule has 3 aromatic rings. The maximum absolute atomic E-state index is 12.9. The first-order valence-electron chi connectivity index (χ1n) is 8.57. The van der Waals surface area contributed by atoms with Gasteiger partial charge in [0.1, 0.15) is 5.69 Å². The van der Waals surface area contributed by atoms with Crippen LogP contribution in [0.5, 0.6) is 5.88 Å². The predicted octanol–water partition coefficient (Wildman–Crippen LogP) is 2.65. The van der Waals surface area contributed by atoms with Crippen molar-refractivity contribution >= 4 is 5.91 Å². The van der Waals surface area contributed by atoms with Gasteiger partial charge in [-0.3, -0.25) is 14.8 Å². The number of carbonyl (C=O) groups is 1. The van der Waals surface area contributed by atoms with Gasteiger partial charge in [-0.25, -0.2) is 9.97 Å². The Morgan fingerprint density at radius 3 is 2.67 bits per heavy atom. The second-order valence-corrected chi connectivity index (χ2v) is 6.16. The smallest absolute Gasteiger partial charge is 0.253 e. The lowest BCUT2D eigenvalue weighted by Gasteiger charge is -2.25. The van der Waals surface area contributed by atoms with Crippen LogP contribution in [0.1, 0.15) is 23.0 Å². The minimum atomic E-state index is -0.0731. The zero-order valence-electron chi connectivity index (χ0n) is 15.5. The van der Waals surface area contributed by atoms with Gasteiger partial charge in [0.05, 0.1) is 12.8 Å². The lowest BCUT2D eigenvalue weighted by atomic mass is 10.1. The van der Waals surface area contributed by atoms with Crippen LogP contribution in [0.25, 0.3) is 11.3 Å². The van der Waals surface area contributed by atoms with E-state index in [1.165, 1.54) is 0 Å². The molecule has 1 amide bonds. The minimum Gasteiger partial charge on any atom is -0.479 e. The molecule has 0 saturated carbocycles. The van der Waals surface area contributed by atoms with Crippen molar-refractivity contribution in [3.8, 4) is 17.1 Å². The first-order chi connectivity index (χ1) is 13.1. The number of amides is 1.